The molecule has 3 heteroatoms. The van der Waals surface area contributed by atoms with E-state index < -0.39 is 0 Å². The Labute approximate surface area is 116 Å². The Morgan fingerprint density at radius 3 is 2.53 bits per heavy atom. The number of fused-ring (bicyclic) bond motifs is 1. The van der Waals surface area contributed by atoms with Crippen LogP contribution in [0.3, 0.4) is 0 Å². The van der Waals surface area contributed by atoms with Gasteiger partial charge in [0.1, 0.15) is 0 Å². The van der Waals surface area contributed by atoms with Gasteiger partial charge in [-0.25, -0.2) is 0 Å². The molecule has 0 unspecified atom stereocenters. The van der Waals surface area contributed by atoms with Gasteiger partial charge in [0.2, 0.25) is 5.91 Å². The Morgan fingerprint density at radius 1 is 1.11 bits per heavy atom. The maximum Gasteiger partial charge on any atom is 0.227 e. The molecule has 3 rings (SSSR count). The average Bonchev–Trinajstić information content (AvgIpc) is 2.78. The Kier molecular flexibility index (Phi) is 2.88. The van der Waals surface area contributed by atoms with Crippen molar-refractivity contribution in [2.24, 2.45) is 0 Å². The summed E-state index contributed by atoms with van der Waals surface area (Å²) in [7, 11) is 0. The third kappa shape index (κ3) is 2.04. The summed E-state index contributed by atoms with van der Waals surface area (Å²) in [5.41, 5.74) is 2.99. The number of benzene rings is 2. The minimum absolute atomic E-state index is 0.00509. The molecule has 0 spiro atoms. The van der Waals surface area contributed by atoms with Crippen LogP contribution in [0.4, 0.5) is 0 Å². The van der Waals surface area contributed by atoms with Gasteiger partial charge in [0, 0.05) is 29.1 Å². The summed E-state index contributed by atoms with van der Waals surface area (Å²) in [6.07, 6.45) is 1.87. The van der Waals surface area contributed by atoms with Crippen molar-refractivity contribution in [1.29, 1.82) is 0 Å². The van der Waals surface area contributed by atoms with Crippen LogP contribution in [0, 0.1) is 0 Å². The summed E-state index contributed by atoms with van der Waals surface area (Å²) in [5, 5.41) is 1.67. The summed E-state index contributed by atoms with van der Waals surface area (Å²) in [5.74, 6) is -0.00509. The van der Waals surface area contributed by atoms with Crippen LogP contribution in [0.15, 0.2) is 54.7 Å². The van der Waals surface area contributed by atoms with Crippen molar-refractivity contribution in [3.05, 3.63) is 59.8 Å². The lowest BCUT2D eigenvalue weighted by atomic mass is 10.1. The van der Waals surface area contributed by atoms with Crippen LogP contribution < -0.4 is 0 Å². The largest absolute Gasteiger partial charge is 0.287 e. The van der Waals surface area contributed by atoms with E-state index in [1.165, 1.54) is 0 Å². The molecule has 0 atom stereocenters. The van der Waals surface area contributed by atoms with E-state index >= 15 is 0 Å². The Hall–Kier alpha value is -2.06. The van der Waals surface area contributed by atoms with E-state index in [1.807, 2.05) is 48.7 Å². The number of halogens is 1. The molecule has 94 valence electrons. The van der Waals surface area contributed by atoms with E-state index in [2.05, 4.69) is 0 Å². The summed E-state index contributed by atoms with van der Waals surface area (Å²) in [4.78, 5) is 11.7. The van der Waals surface area contributed by atoms with Gasteiger partial charge in [-0.2, -0.15) is 0 Å². The minimum atomic E-state index is -0.00509. The normalized spacial score (nSPS) is 10.8. The highest BCUT2D eigenvalue weighted by Gasteiger charge is 2.12. The van der Waals surface area contributed by atoms with Gasteiger partial charge in [-0.05, 0) is 23.8 Å². The Balaban J connectivity index is 2.36. The van der Waals surface area contributed by atoms with Crippen LogP contribution in [0.1, 0.15) is 11.7 Å². The summed E-state index contributed by atoms with van der Waals surface area (Å²) in [6.45, 7) is 1.56. The van der Waals surface area contributed by atoms with Gasteiger partial charge in [0.15, 0.2) is 0 Å². The third-order valence-corrected chi connectivity index (χ3v) is 3.43. The number of hydrogen-bond donors (Lipinski definition) is 0. The fraction of sp³-hybridized carbons (Fsp3) is 0.0625. The van der Waals surface area contributed by atoms with Crippen LogP contribution in [-0.2, 0) is 0 Å². The molecular formula is C16H12ClNO. The number of hydrogen-bond acceptors (Lipinski definition) is 1. The third-order valence-electron chi connectivity index (χ3n) is 3.19. The molecule has 19 heavy (non-hydrogen) atoms. The molecule has 3 aromatic rings. The predicted molar refractivity (Wildman–Crippen MR) is 78.7 cm³/mol. The monoisotopic (exact) mass is 269 g/mol. The second-order valence-electron chi connectivity index (χ2n) is 4.46. The molecule has 0 saturated heterocycles. The van der Waals surface area contributed by atoms with Crippen molar-refractivity contribution in [2.75, 3.05) is 0 Å². The smallest absolute Gasteiger partial charge is 0.227 e. The first kappa shape index (κ1) is 12.0. The van der Waals surface area contributed by atoms with E-state index in [4.69, 9.17) is 11.6 Å². The highest BCUT2D eigenvalue weighted by Crippen LogP contribution is 2.32. The summed E-state index contributed by atoms with van der Waals surface area (Å²) >= 11 is 6.07. The number of carbonyl (C=O) groups is 1. The van der Waals surface area contributed by atoms with Gasteiger partial charge < -0.3 is 0 Å². The van der Waals surface area contributed by atoms with Gasteiger partial charge in [-0.15, -0.1) is 0 Å². The van der Waals surface area contributed by atoms with Crippen LogP contribution in [0.2, 0.25) is 5.02 Å². The molecule has 0 aliphatic carbocycles. The van der Waals surface area contributed by atoms with Crippen molar-refractivity contribution < 1.29 is 4.79 Å². The SMILES string of the molecule is CC(=O)n1cc(-c2ccccc2)c2cc(Cl)ccc21. The van der Waals surface area contributed by atoms with Crippen molar-refractivity contribution in [3.8, 4) is 11.1 Å². The first-order valence-electron chi connectivity index (χ1n) is 6.04. The predicted octanol–water partition coefficient (Wildman–Crippen LogP) is 4.62. The molecule has 1 aromatic heterocycles. The number of rotatable bonds is 1. The van der Waals surface area contributed by atoms with E-state index in [0.717, 1.165) is 22.0 Å². The number of carbonyl (C=O) groups excluding carboxylic acids is 1. The molecule has 0 aliphatic heterocycles. The van der Waals surface area contributed by atoms with E-state index in [-0.39, 0.29) is 5.91 Å². The molecule has 1 heterocycles. The maximum absolute atomic E-state index is 11.7. The number of nitrogens with zero attached hydrogens (tertiary/aromatic N) is 1. The van der Waals surface area contributed by atoms with Gasteiger partial charge in [0.05, 0.1) is 5.52 Å². The van der Waals surface area contributed by atoms with Crippen molar-refractivity contribution in [1.82, 2.24) is 4.57 Å². The van der Waals surface area contributed by atoms with Gasteiger partial charge in [0.25, 0.3) is 0 Å². The van der Waals surface area contributed by atoms with Crippen LogP contribution in [0.5, 0.6) is 0 Å². The lowest BCUT2D eigenvalue weighted by Gasteiger charge is -1.99. The molecule has 0 N–H and O–H groups in total. The highest BCUT2D eigenvalue weighted by molar-refractivity contribution is 6.31. The molecule has 2 aromatic carbocycles. The second-order valence-corrected chi connectivity index (χ2v) is 4.90. The van der Waals surface area contributed by atoms with E-state index in [1.54, 1.807) is 17.6 Å². The van der Waals surface area contributed by atoms with Crippen molar-refractivity contribution in [2.45, 2.75) is 6.92 Å². The van der Waals surface area contributed by atoms with E-state index in [0.29, 0.717) is 5.02 Å². The molecule has 0 aliphatic rings. The molecule has 0 bridgehead atoms. The van der Waals surface area contributed by atoms with Gasteiger partial charge in [-0.1, -0.05) is 41.9 Å². The Bertz CT molecular complexity index is 759. The highest BCUT2D eigenvalue weighted by atomic mass is 35.5. The second kappa shape index (κ2) is 4.56. The maximum atomic E-state index is 11.7. The molecule has 2 nitrogen and oxygen atoms in total. The van der Waals surface area contributed by atoms with Crippen LogP contribution >= 0.6 is 11.6 Å². The lowest BCUT2D eigenvalue weighted by Crippen LogP contribution is -2.02. The molecule has 0 amide bonds. The zero-order chi connectivity index (χ0) is 13.4. The van der Waals surface area contributed by atoms with Crippen LogP contribution in [0.25, 0.3) is 22.0 Å². The topological polar surface area (TPSA) is 22.0 Å². The van der Waals surface area contributed by atoms with Crippen LogP contribution in [-0.4, -0.2) is 10.5 Å². The fourth-order valence-electron chi connectivity index (χ4n) is 2.31. The lowest BCUT2D eigenvalue weighted by molar-refractivity contribution is 0.0942. The first-order chi connectivity index (χ1) is 9.16. The summed E-state index contributed by atoms with van der Waals surface area (Å²) < 4.78 is 1.66. The number of aromatic nitrogens is 1. The standard InChI is InChI=1S/C16H12ClNO/c1-11(19)18-10-15(12-5-3-2-4-6-12)14-9-13(17)7-8-16(14)18/h2-10H,1H3. The van der Waals surface area contributed by atoms with Gasteiger partial charge >= 0.3 is 0 Å². The first-order valence-corrected chi connectivity index (χ1v) is 6.41. The Morgan fingerprint density at radius 2 is 1.84 bits per heavy atom. The van der Waals surface area contributed by atoms with Gasteiger partial charge in [-0.3, -0.25) is 9.36 Å². The molecule has 0 saturated carbocycles. The quantitative estimate of drug-likeness (QED) is 0.632. The van der Waals surface area contributed by atoms with Crippen molar-refractivity contribution in [3.63, 3.8) is 0 Å². The zero-order valence-electron chi connectivity index (χ0n) is 10.4. The molecule has 0 fully saturated rings. The molecule has 0 radical (unpaired) electrons. The zero-order valence-corrected chi connectivity index (χ0v) is 11.2. The fourth-order valence-corrected chi connectivity index (χ4v) is 2.48. The van der Waals surface area contributed by atoms with E-state index in [9.17, 15) is 4.79 Å². The summed E-state index contributed by atoms with van der Waals surface area (Å²) in [6, 6.07) is 15.6. The molecular weight excluding hydrogens is 258 g/mol. The van der Waals surface area contributed by atoms with Crippen molar-refractivity contribution >= 4 is 28.4 Å². The minimum Gasteiger partial charge on any atom is -0.287 e. The average molecular weight is 270 g/mol.